The maximum atomic E-state index is 11.8. The van der Waals surface area contributed by atoms with E-state index >= 15 is 0 Å². The van der Waals surface area contributed by atoms with Crippen LogP contribution in [0.3, 0.4) is 0 Å². The van der Waals surface area contributed by atoms with Gasteiger partial charge in [0.1, 0.15) is 34.8 Å². The molecule has 0 aliphatic heterocycles. The number of ether oxygens (including phenoxy) is 4. The van der Waals surface area contributed by atoms with Crippen LogP contribution >= 0.6 is 0 Å². The van der Waals surface area contributed by atoms with Crippen molar-refractivity contribution in [3.8, 4) is 35.1 Å². The highest BCUT2D eigenvalue weighted by molar-refractivity contribution is 5.76. The van der Waals surface area contributed by atoms with Crippen LogP contribution in [0, 0.1) is 42.9 Å². The van der Waals surface area contributed by atoms with Gasteiger partial charge in [-0.3, -0.25) is 20.2 Å². The Balaban J connectivity index is 0.000000462. The Kier molecular flexibility index (Phi) is 11.8. The molecule has 2 aromatic rings. The van der Waals surface area contributed by atoms with Gasteiger partial charge in [-0.2, -0.15) is 10.5 Å². The SMILES string of the molecule is COc1c(C#N)c(C(C)(C)C)c(OC)c(C#N)c1C(C)(C)C.COc1c([N+](=O)[O-])c(C(C)(C)C)c(OC)c([N+](=O)[O-])c1C(C)(C)C. The number of hydrogen-bond acceptors (Lipinski definition) is 10. The first kappa shape index (κ1) is 39.4. The first-order valence-electron chi connectivity index (χ1n) is 14.6. The van der Waals surface area contributed by atoms with Crippen molar-refractivity contribution in [1.82, 2.24) is 0 Å². The van der Waals surface area contributed by atoms with E-state index in [2.05, 4.69) is 12.1 Å². The summed E-state index contributed by atoms with van der Waals surface area (Å²) in [5, 5.41) is 43.0. The molecule has 12 nitrogen and oxygen atoms in total. The molecule has 12 heteroatoms. The molecule has 0 heterocycles. The lowest BCUT2D eigenvalue weighted by Gasteiger charge is -2.31. The Morgan fingerprint density at radius 3 is 0.826 bits per heavy atom. The lowest BCUT2D eigenvalue weighted by molar-refractivity contribution is -0.392. The van der Waals surface area contributed by atoms with Crippen LogP contribution in [0.4, 0.5) is 11.4 Å². The number of nitriles is 2. The van der Waals surface area contributed by atoms with Crippen LogP contribution in [0.2, 0.25) is 0 Å². The third kappa shape index (κ3) is 7.61. The molecule has 0 radical (unpaired) electrons. The summed E-state index contributed by atoms with van der Waals surface area (Å²) < 4.78 is 21.7. The minimum Gasteiger partial charge on any atom is -0.495 e. The van der Waals surface area contributed by atoms with Gasteiger partial charge in [0.2, 0.25) is 11.5 Å². The van der Waals surface area contributed by atoms with Gasteiger partial charge in [-0.05, 0) is 21.7 Å². The molecule has 0 bridgehead atoms. The number of rotatable bonds is 6. The largest absolute Gasteiger partial charge is 0.495 e. The van der Waals surface area contributed by atoms with Crippen molar-refractivity contribution >= 4 is 11.4 Å². The Labute approximate surface area is 272 Å². The molecule has 0 aliphatic carbocycles. The fraction of sp³-hybridized carbons (Fsp3) is 0.588. The van der Waals surface area contributed by atoms with Crippen molar-refractivity contribution < 1.29 is 28.8 Å². The maximum Gasteiger partial charge on any atom is 0.319 e. The summed E-state index contributed by atoms with van der Waals surface area (Å²) >= 11 is 0. The molecule has 2 aromatic carbocycles. The van der Waals surface area contributed by atoms with Gasteiger partial charge in [-0.15, -0.1) is 0 Å². The molecule has 0 saturated heterocycles. The van der Waals surface area contributed by atoms with Gasteiger partial charge in [0, 0.05) is 11.1 Å². The topological polar surface area (TPSA) is 171 Å². The molecule has 0 saturated carbocycles. The number of methoxy groups -OCH3 is 4. The molecule has 252 valence electrons. The molecular weight excluding hydrogens is 592 g/mol. The standard InChI is InChI=1S/C18H24N2O2.C16H24N2O6/c1-17(2,3)13-11(9-19)16(22-8)14(18(4,5)6)12(10-20)15(13)21-7;1-15(2,3)9-11(17(19)20)14(24-8)10(16(4,5)6)12(18(21)22)13(9)23-7/h1-8H3;1-8H3. The van der Waals surface area contributed by atoms with Crippen molar-refractivity contribution in [1.29, 1.82) is 10.5 Å². The van der Waals surface area contributed by atoms with Crippen molar-refractivity contribution in [3.63, 3.8) is 0 Å². The van der Waals surface area contributed by atoms with Gasteiger partial charge < -0.3 is 18.9 Å². The zero-order chi connectivity index (χ0) is 36.3. The fourth-order valence-corrected chi connectivity index (χ4v) is 5.57. The van der Waals surface area contributed by atoms with Crippen LogP contribution in [0.15, 0.2) is 0 Å². The van der Waals surface area contributed by atoms with Crippen LogP contribution in [0.1, 0.15) is 116 Å². The quantitative estimate of drug-likeness (QED) is 0.221. The van der Waals surface area contributed by atoms with E-state index in [4.69, 9.17) is 18.9 Å². The van der Waals surface area contributed by atoms with Crippen molar-refractivity contribution in [3.05, 3.63) is 53.6 Å². The predicted octanol–water partition coefficient (Wildman–Crippen LogP) is 8.16. The highest BCUT2D eigenvalue weighted by Crippen LogP contribution is 2.55. The van der Waals surface area contributed by atoms with E-state index in [0.717, 1.165) is 0 Å². The third-order valence-corrected chi connectivity index (χ3v) is 7.17. The molecule has 0 amide bonds. The lowest BCUT2D eigenvalue weighted by atomic mass is 9.75. The minimum atomic E-state index is -0.762. The Morgan fingerprint density at radius 2 is 0.696 bits per heavy atom. The second-order valence-corrected chi connectivity index (χ2v) is 14.8. The Bertz CT molecular complexity index is 1470. The van der Waals surface area contributed by atoms with Crippen LogP contribution in [-0.2, 0) is 21.7 Å². The van der Waals surface area contributed by atoms with Crippen LogP contribution < -0.4 is 18.9 Å². The van der Waals surface area contributed by atoms with Crippen molar-refractivity contribution in [2.24, 2.45) is 0 Å². The van der Waals surface area contributed by atoms with E-state index in [1.54, 1.807) is 41.5 Å². The first-order chi connectivity index (χ1) is 20.8. The zero-order valence-corrected chi connectivity index (χ0v) is 30.1. The second-order valence-electron chi connectivity index (χ2n) is 14.8. The first-order valence-corrected chi connectivity index (χ1v) is 14.6. The predicted molar refractivity (Wildman–Crippen MR) is 177 cm³/mol. The van der Waals surface area contributed by atoms with Gasteiger partial charge >= 0.3 is 11.4 Å². The van der Waals surface area contributed by atoms with Crippen molar-refractivity contribution in [2.75, 3.05) is 28.4 Å². The molecule has 0 atom stereocenters. The summed E-state index contributed by atoms with van der Waals surface area (Å²) in [7, 11) is 5.62. The van der Waals surface area contributed by atoms with Gasteiger partial charge in [0.25, 0.3) is 0 Å². The van der Waals surface area contributed by atoms with E-state index in [0.29, 0.717) is 33.8 Å². The molecule has 46 heavy (non-hydrogen) atoms. The fourth-order valence-electron chi connectivity index (χ4n) is 5.57. The van der Waals surface area contributed by atoms with Gasteiger partial charge in [0.15, 0.2) is 0 Å². The average molecular weight is 641 g/mol. The summed E-state index contributed by atoms with van der Waals surface area (Å²) in [5.74, 6) is 0.754. The second kappa shape index (κ2) is 13.8. The van der Waals surface area contributed by atoms with Crippen LogP contribution in [0.25, 0.3) is 0 Å². The summed E-state index contributed by atoms with van der Waals surface area (Å²) in [4.78, 5) is 22.4. The number of nitro benzene ring substituents is 2. The molecule has 0 fully saturated rings. The molecule has 0 aromatic heterocycles. The number of nitro groups is 2. The van der Waals surface area contributed by atoms with Gasteiger partial charge in [-0.25, -0.2) is 0 Å². The third-order valence-electron chi connectivity index (χ3n) is 7.17. The Morgan fingerprint density at radius 1 is 0.478 bits per heavy atom. The minimum absolute atomic E-state index is 0.0927. The summed E-state index contributed by atoms with van der Waals surface area (Å²) in [6.07, 6.45) is 0. The average Bonchev–Trinajstić information content (AvgIpc) is 2.91. The van der Waals surface area contributed by atoms with Crippen molar-refractivity contribution in [2.45, 2.75) is 105 Å². The van der Waals surface area contributed by atoms with Crippen LogP contribution in [-0.4, -0.2) is 38.3 Å². The highest BCUT2D eigenvalue weighted by Gasteiger charge is 2.45. The summed E-state index contributed by atoms with van der Waals surface area (Å²) in [5.41, 5.74) is -0.237. The molecule has 2 rings (SSSR count). The van der Waals surface area contributed by atoms with E-state index in [-0.39, 0.29) is 44.8 Å². The molecular formula is C34H48N4O8. The lowest BCUT2D eigenvalue weighted by Crippen LogP contribution is -2.22. The maximum absolute atomic E-state index is 11.8. The summed E-state index contributed by atoms with van der Waals surface area (Å²) in [6.45, 7) is 22.3. The molecule has 0 unspecified atom stereocenters. The van der Waals surface area contributed by atoms with Gasteiger partial charge in [0.05, 0.1) is 49.4 Å². The Hall–Kier alpha value is -4.58. The monoisotopic (exact) mass is 640 g/mol. The normalized spacial score (nSPS) is 11.8. The zero-order valence-electron chi connectivity index (χ0n) is 30.1. The molecule has 0 aliphatic rings. The number of hydrogen-bond donors (Lipinski definition) is 0. The van der Waals surface area contributed by atoms with E-state index in [1.807, 2.05) is 41.5 Å². The van der Waals surface area contributed by atoms with E-state index in [1.165, 1.54) is 28.4 Å². The number of benzene rings is 2. The number of nitrogens with zero attached hydrogens (tertiary/aromatic N) is 4. The summed E-state index contributed by atoms with van der Waals surface area (Å²) in [6, 6.07) is 4.49. The van der Waals surface area contributed by atoms with E-state index < -0.39 is 20.7 Å². The van der Waals surface area contributed by atoms with Gasteiger partial charge in [-0.1, -0.05) is 83.1 Å². The smallest absolute Gasteiger partial charge is 0.319 e. The molecule has 0 spiro atoms. The molecule has 0 N–H and O–H groups in total. The van der Waals surface area contributed by atoms with Crippen LogP contribution in [0.5, 0.6) is 23.0 Å². The highest BCUT2D eigenvalue weighted by atomic mass is 16.6. The van der Waals surface area contributed by atoms with E-state index in [9.17, 15) is 30.8 Å².